The van der Waals surface area contributed by atoms with Gasteiger partial charge in [0.1, 0.15) is 0 Å². The Balaban J connectivity index is 1.63. The zero-order valence-corrected chi connectivity index (χ0v) is 17.9. The number of aromatic nitrogens is 2. The number of nitrogens with one attached hydrogen (secondary N) is 1. The van der Waals surface area contributed by atoms with Gasteiger partial charge in [0.2, 0.25) is 0 Å². The van der Waals surface area contributed by atoms with Crippen molar-refractivity contribution in [2.24, 2.45) is 0 Å². The Morgan fingerprint density at radius 2 is 1.88 bits per heavy atom. The smallest absolute Gasteiger partial charge is 0.399 e. The van der Waals surface area contributed by atoms with Crippen LogP contribution < -0.4 is 16.0 Å². The third-order valence-corrected chi connectivity index (χ3v) is 6.01. The van der Waals surface area contributed by atoms with Gasteiger partial charge in [0.25, 0.3) is 0 Å². The molecule has 1 aliphatic rings. The fourth-order valence-electron chi connectivity index (χ4n) is 4.01. The summed E-state index contributed by atoms with van der Waals surface area (Å²) in [5, 5.41) is 22.5. The summed E-state index contributed by atoms with van der Waals surface area (Å²) in [6, 6.07) is 8.98. The number of rotatable bonds is 4. The number of anilines is 3. The zero-order chi connectivity index (χ0) is 23.1. The Morgan fingerprint density at radius 1 is 1.16 bits per heavy atom. The van der Waals surface area contributed by atoms with Crippen molar-refractivity contribution in [2.45, 2.75) is 44.5 Å². The number of halogens is 3. The van der Waals surface area contributed by atoms with Crippen molar-refractivity contribution in [3.8, 4) is 0 Å². The van der Waals surface area contributed by atoms with E-state index in [9.17, 15) is 18.3 Å². The van der Waals surface area contributed by atoms with E-state index in [1.165, 1.54) is 6.07 Å². The number of piperidine rings is 1. The van der Waals surface area contributed by atoms with Crippen molar-refractivity contribution in [1.82, 2.24) is 10.2 Å². The van der Waals surface area contributed by atoms with E-state index in [4.69, 9.17) is 5.73 Å². The van der Waals surface area contributed by atoms with Gasteiger partial charge >= 0.3 is 6.18 Å². The van der Waals surface area contributed by atoms with Crippen LogP contribution in [0.25, 0.3) is 10.9 Å². The van der Waals surface area contributed by atoms with Crippen molar-refractivity contribution in [3.63, 3.8) is 0 Å². The molecule has 4 rings (SSSR count). The number of nitrogens with zero attached hydrogens (tertiary/aromatic N) is 3. The summed E-state index contributed by atoms with van der Waals surface area (Å²) in [5.74, 6) is 0. The highest BCUT2D eigenvalue weighted by molar-refractivity contribution is 5.93. The normalized spacial score (nSPS) is 17.4. The molecule has 0 radical (unpaired) electrons. The molecule has 170 valence electrons. The molecule has 6 nitrogen and oxygen atoms in total. The third-order valence-electron chi connectivity index (χ3n) is 6.01. The number of alkyl halides is 3. The molecule has 2 heterocycles. The van der Waals surface area contributed by atoms with Crippen LogP contribution in [0, 0.1) is 0 Å². The van der Waals surface area contributed by atoms with Gasteiger partial charge in [0.05, 0.1) is 28.6 Å². The maximum Gasteiger partial charge on any atom is 0.416 e. The monoisotopic (exact) mass is 445 g/mol. The first kappa shape index (κ1) is 22.1. The summed E-state index contributed by atoms with van der Waals surface area (Å²) in [4.78, 5) is 2.21. The molecule has 0 amide bonds. The van der Waals surface area contributed by atoms with Crippen LogP contribution >= 0.6 is 0 Å². The summed E-state index contributed by atoms with van der Waals surface area (Å²) in [7, 11) is 0. The first-order valence-electron chi connectivity index (χ1n) is 10.5. The number of nitrogens with two attached hydrogens (primary N) is 1. The van der Waals surface area contributed by atoms with Gasteiger partial charge in [-0.3, -0.25) is 0 Å². The summed E-state index contributed by atoms with van der Waals surface area (Å²) in [6.07, 6.45) is -1.54. The van der Waals surface area contributed by atoms with Crippen LogP contribution in [0.1, 0.15) is 43.9 Å². The molecule has 4 N–H and O–H groups in total. The van der Waals surface area contributed by atoms with Gasteiger partial charge in [-0.1, -0.05) is 0 Å². The molecule has 0 saturated carbocycles. The Morgan fingerprint density at radius 3 is 2.56 bits per heavy atom. The van der Waals surface area contributed by atoms with Crippen LogP contribution in [0.5, 0.6) is 0 Å². The second kappa shape index (κ2) is 8.12. The molecule has 0 unspecified atom stereocenters. The highest BCUT2D eigenvalue weighted by Crippen LogP contribution is 2.35. The molecular formula is C23H26F3N5O. The van der Waals surface area contributed by atoms with E-state index in [0.717, 1.165) is 36.3 Å². The van der Waals surface area contributed by atoms with Crippen molar-refractivity contribution in [2.75, 3.05) is 29.0 Å². The second-order valence-corrected chi connectivity index (χ2v) is 8.70. The number of fused-ring (bicyclic) bond motifs is 1. The molecule has 1 atom stereocenters. The standard InChI is InChI=1S/C23H26F3N5O/c1-14(15-9-16(23(24,25)26)11-17(27)10-15)29-21-13-28-30-20-4-3-18(12-19(20)21)31-7-5-22(2,32)6-8-31/h3-4,9-14,32H,5-8,27H2,1-2H3,(H,29,30)/t14-/m1/s1. The molecule has 0 spiro atoms. The van der Waals surface area contributed by atoms with Crippen molar-refractivity contribution >= 4 is 28.0 Å². The van der Waals surface area contributed by atoms with Crippen LogP contribution in [0.3, 0.4) is 0 Å². The fraction of sp³-hybridized carbons (Fsp3) is 0.391. The fourth-order valence-corrected chi connectivity index (χ4v) is 4.01. The molecule has 1 saturated heterocycles. The third kappa shape index (κ3) is 4.72. The van der Waals surface area contributed by atoms with E-state index in [2.05, 4.69) is 20.4 Å². The lowest BCUT2D eigenvalue weighted by Gasteiger charge is -2.37. The molecule has 0 bridgehead atoms. The van der Waals surface area contributed by atoms with E-state index in [0.29, 0.717) is 29.6 Å². The molecular weight excluding hydrogens is 419 g/mol. The minimum atomic E-state index is -4.47. The van der Waals surface area contributed by atoms with E-state index < -0.39 is 23.4 Å². The van der Waals surface area contributed by atoms with E-state index in [1.807, 2.05) is 25.1 Å². The predicted octanol–water partition coefficient (Wildman–Crippen LogP) is 4.76. The Hall–Kier alpha value is -3.07. The minimum Gasteiger partial charge on any atom is -0.399 e. The van der Waals surface area contributed by atoms with Crippen LogP contribution in [0.15, 0.2) is 42.6 Å². The topological polar surface area (TPSA) is 87.3 Å². The first-order valence-corrected chi connectivity index (χ1v) is 10.5. The van der Waals surface area contributed by atoms with Gasteiger partial charge < -0.3 is 21.1 Å². The lowest BCUT2D eigenvalue weighted by atomic mass is 9.93. The van der Waals surface area contributed by atoms with Gasteiger partial charge in [0, 0.05) is 35.9 Å². The van der Waals surface area contributed by atoms with E-state index in [1.54, 1.807) is 13.1 Å². The Bertz CT molecular complexity index is 1120. The Kier molecular flexibility index (Phi) is 5.62. The van der Waals surface area contributed by atoms with E-state index >= 15 is 0 Å². The largest absolute Gasteiger partial charge is 0.416 e. The molecule has 2 aromatic carbocycles. The number of benzene rings is 2. The first-order chi connectivity index (χ1) is 15.0. The van der Waals surface area contributed by atoms with Gasteiger partial charge in [-0.15, -0.1) is 0 Å². The lowest BCUT2D eigenvalue weighted by molar-refractivity contribution is -0.137. The average Bonchev–Trinajstić information content (AvgIpc) is 2.72. The summed E-state index contributed by atoms with van der Waals surface area (Å²) in [6.45, 7) is 5.10. The predicted molar refractivity (Wildman–Crippen MR) is 120 cm³/mol. The van der Waals surface area contributed by atoms with Gasteiger partial charge in [-0.2, -0.15) is 23.4 Å². The van der Waals surface area contributed by atoms with Crippen LogP contribution in [-0.2, 0) is 6.18 Å². The minimum absolute atomic E-state index is 0.0597. The number of nitrogen functional groups attached to an aromatic ring is 1. The Labute approximate surface area is 184 Å². The van der Waals surface area contributed by atoms with Gasteiger partial charge in [0.15, 0.2) is 0 Å². The van der Waals surface area contributed by atoms with Crippen molar-refractivity contribution < 1.29 is 18.3 Å². The van der Waals surface area contributed by atoms with Gasteiger partial charge in [-0.05, 0) is 68.7 Å². The molecule has 0 aliphatic carbocycles. The SMILES string of the molecule is C[C@@H](Nc1cnnc2ccc(N3CCC(C)(O)CC3)cc12)c1cc(N)cc(C(F)(F)F)c1. The van der Waals surface area contributed by atoms with Gasteiger partial charge in [-0.25, -0.2) is 0 Å². The van der Waals surface area contributed by atoms with Crippen LogP contribution in [0.2, 0.25) is 0 Å². The second-order valence-electron chi connectivity index (χ2n) is 8.70. The maximum atomic E-state index is 13.2. The van der Waals surface area contributed by atoms with Crippen LogP contribution in [-0.4, -0.2) is 34.0 Å². The molecule has 1 aliphatic heterocycles. The lowest BCUT2D eigenvalue weighted by Crippen LogP contribution is -2.42. The average molecular weight is 445 g/mol. The molecule has 1 fully saturated rings. The van der Waals surface area contributed by atoms with Crippen molar-refractivity contribution in [3.05, 3.63) is 53.7 Å². The van der Waals surface area contributed by atoms with Crippen molar-refractivity contribution in [1.29, 1.82) is 0 Å². The van der Waals surface area contributed by atoms with E-state index in [-0.39, 0.29) is 5.69 Å². The quantitative estimate of drug-likeness (QED) is 0.502. The number of aliphatic hydroxyl groups is 1. The molecule has 1 aromatic heterocycles. The summed E-state index contributed by atoms with van der Waals surface area (Å²) < 4.78 is 39.6. The highest BCUT2D eigenvalue weighted by Gasteiger charge is 2.31. The molecule has 9 heteroatoms. The molecule has 3 aromatic rings. The molecule has 32 heavy (non-hydrogen) atoms. The van der Waals surface area contributed by atoms with Crippen LogP contribution in [0.4, 0.5) is 30.2 Å². The highest BCUT2D eigenvalue weighted by atomic mass is 19.4. The zero-order valence-electron chi connectivity index (χ0n) is 17.9. The summed E-state index contributed by atoms with van der Waals surface area (Å²) in [5.41, 5.74) is 7.14. The number of hydrogen-bond donors (Lipinski definition) is 3. The number of hydrogen-bond acceptors (Lipinski definition) is 6. The maximum absolute atomic E-state index is 13.2. The summed E-state index contributed by atoms with van der Waals surface area (Å²) >= 11 is 0.